The lowest BCUT2D eigenvalue weighted by molar-refractivity contribution is -0.0416. The van der Waals surface area contributed by atoms with E-state index in [1.165, 1.54) is 0 Å². The first-order chi connectivity index (χ1) is 11.9. The van der Waals surface area contributed by atoms with Crippen LogP contribution in [0.5, 0.6) is 5.75 Å². The number of thiol groups is 1. The van der Waals surface area contributed by atoms with Gasteiger partial charge in [0.25, 0.3) is 0 Å². The summed E-state index contributed by atoms with van der Waals surface area (Å²) in [5.41, 5.74) is 1.12. The Kier molecular flexibility index (Phi) is 5.66. The smallest absolute Gasteiger partial charge is 0.125 e. The van der Waals surface area contributed by atoms with E-state index in [0.717, 1.165) is 35.9 Å². The molecule has 0 amide bonds. The van der Waals surface area contributed by atoms with Gasteiger partial charge >= 0.3 is 0 Å². The monoisotopic (exact) mass is 363 g/mol. The molecule has 4 nitrogen and oxygen atoms in total. The van der Waals surface area contributed by atoms with Gasteiger partial charge in [-0.2, -0.15) is 12.6 Å². The molecule has 1 aliphatic carbocycles. The van der Waals surface area contributed by atoms with Gasteiger partial charge in [-0.25, -0.2) is 0 Å². The molecule has 25 heavy (non-hydrogen) atoms. The first kappa shape index (κ1) is 18.6. The number of rotatable bonds is 6. The maximum Gasteiger partial charge on any atom is 0.125 e. The highest BCUT2D eigenvalue weighted by Gasteiger charge is 2.37. The average Bonchev–Trinajstić information content (AvgIpc) is 2.97. The number of benzene rings is 1. The van der Waals surface area contributed by atoms with Crippen LogP contribution in [-0.4, -0.2) is 40.3 Å². The minimum Gasteiger partial charge on any atom is -0.488 e. The minimum atomic E-state index is 0.0102. The number of aromatic nitrogens is 1. The normalized spacial score (nSPS) is 24.6. The Labute approximate surface area is 155 Å². The summed E-state index contributed by atoms with van der Waals surface area (Å²) in [6, 6.07) is 8.21. The summed E-state index contributed by atoms with van der Waals surface area (Å²) in [4.78, 5) is 0. The Morgan fingerprint density at radius 2 is 2.04 bits per heavy atom. The number of ether oxygens (including phenoxy) is 2. The van der Waals surface area contributed by atoms with Crippen molar-refractivity contribution in [3.8, 4) is 5.75 Å². The highest BCUT2D eigenvalue weighted by Crippen LogP contribution is 2.38. The first-order valence-corrected chi connectivity index (χ1v) is 9.48. The summed E-state index contributed by atoms with van der Waals surface area (Å²) in [6.45, 7) is 5.11. The van der Waals surface area contributed by atoms with E-state index in [1.54, 1.807) is 7.11 Å². The molecule has 5 heteroatoms. The summed E-state index contributed by atoms with van der Waals surface area (Å²) in [7, 11) is 1.77. The van der Waals surface area contributed by atoms with E-state index in [-0.39, 0.29) is 23.6 Å². The van der Waals surface area contributed by atoms with Gasteiger partial charge in [-0.05, 0) is 49.4 Å². The molecule has 0 aliphatic heterocycles. The zero-order valence-corrected chi connectivity index (χ0v) is 16.2. The summed E-state index contributed by atoms with van der Waals surface area (Å²) in [5, 5.41) is 10.3. The Balaban J connectivity index is 1.72. The van der Waals surface area contributed by atoms with Crippen LogP contribution in [0.2, 0.25) is 0 Å². The molecule has 3 rings (SSSR count). The second-order valence-corrected chi connectivity index (χ2v) is 8.70. The molecular formula is C20H29NO3S. The molecule has 1 heterocycles. The fraction of sp³-hybridized carbons (Fsp3) is 0.600. The lowest BCUT2D eigenvalue weighted by atomic mass is 9.78. The molecule has 1 aromatic heterocycles. The molecule has 1 fully saturated rings. The lowest BCUT2D eigenvalue weighted by Gasteiger charge is -2.40. The second kappa shape index (κ2) is 7.60. The third kappa shape index (κ3) is 4.15. The molecule has 0 saturated heterocycles. The molecule has 1 saturated carbocycles. The standard InChI is InChI=1S/C20H29NO3S/c1-20(2,25)15-4-7-18(19(13-15)23-3)24-16-5-6-17-14(12-16)8-9-21(17)10-11-22/h5-6,8-9,12,15,18-19,22,25H,4,7,10-11,13H2,1-3H3/t15?,18-,19-/m1/s1. The summed E-state index contributed by atoms with van der Waals surface area (Å²) >= 11 is 4.75. The van der Waals surface area contributed by atoms with Crippen LogP contribution >= 0.6 is 12.6 Å². The van der Waals surface area contributed by atoms with Gasteiger partial charge in [0.05, 0.1) is 12.7 Å². The van der Waals surface area contributed by atoms with Gasteiger partial charge in [0.15, 0.2) is 0 Å². The maximum atomic E-state index is 9.14. The summed E-state index contributed by atoms with van der Waals surface area (Å²) in [6.07, 6.45) is 5.25. The van der Waals surface area contributed by atoms with E-state index in [4.69, 9.17) is 27.2 Å². The molecular weight excluding hydrogens is 334 g/mol. The predicted molar refractivity (Wildman–Crippen MR) is 105 cm³/mol. The highest BCUT2D eigenvalue weighted by molar-refractivity contribution is 7.81. The lowest BCUT2D eigenvalue weighted by Crippen LogP contribution is -2.43. The number of aliphatic hydroxyl groups is 1. The quantitative estimate of drug-likeness (QED) is 0.765. The number of hydrogen-bond acceptors (Lipinski definition) is 4. The van der Waals surface area contributed by atoms with Crippen LogP contribution in [0.3, 0.4) is 0 Å². The molecule has 1 N–H and O–H groups in total. The van der Waals surface area contributed by atoms with Crippen molar-refractivity contribution in [3.05, 3.63) is 30.5 Å². The van der Waals surface area contributed by atoms with Gasteiger partial charge in [-0.15, -0.1) is 0 Å². The van der Waals surface area contributed by atoms with Crippen LogP contribution in [0, 0.1) is 5.92 Å². The van der Waals surface area contributed by atoms with Crippen molar-refractivity contribution >= 4 is 23.5 Å². The van der Waals surface area contributed by atoms with E-state index < -0.39 is 0 Å². The van der Waals surface area contributed by atoms with Crippen molar-refractivity contribution in [2.24, 2.45) is 5.92 Å². The van der Waals surface area contributed by atoms with Crippen molar-refractivity contribution < 1.29 is 14.6 Å². The van der Waals surface area contributed by atoms with Gasteiger partial charge < -0.3 is 19.1 Å². The Hall–Kier alpha value is -1.17. The first-order valence-electron chi connectivity index (χ1n) is 9.04. The third-order valence-electron chi connectivity index (χ3n) is 5.40. The van der Waals surface area contributed by atoms with Crippen molar-refractivity contribution in [1.29, 1.82) is 0 Å². The van der Waals surface area contributed by atoms with Gasteiger partial charge in [-0.3, -0.25) is 0 Å². The van der Waals surface area contributed by atoms with Gasteiger partial charge in [-0.1, -0.05) is 13.8 Å². The van der Waals surface area contributed by atoms with E-state index in [0.29, 0.717) is 12.5 Å². The van der Waals surface area contributed by atoms with E-state index >= 15 is 0 Å². The summed E-state index contributed by atoms with van der Waals surface area (Å²) < 4.78 is 14.1. The molecule has 0 spiro atoms. The van der Waals surface area contributed by atoms with Gasteiger partial charge in [0.2, 0.25) is 0 Å². The van der Waals surface area contributed by atoms with Crippen LogP contribution in [0.4, 0.5) is 0 Å². The molecule has 1 aromatic carbocycles. The molecule has 1 unspecified atom stereocenters. The number of fused-ring (bicyclic) bond motifs is 1. The Bertz CT molecular complexity index is 707. The second-order valence-electron chi connectivity index (χ2n) is 7.55. The van der Waals surface area contributed by atoms with Crippen LogP contribution in [0.1, 0.15) is 33.1 Å². The fourth-order valence-electron chi connectivity index (χ4n) is 3.85. The SMILES string of the molecule is CO[C@@H]1CC(C(C)(C)S)CC[C@H]1Oc1ccc2c(ccn2CCO)c1. The maximum absolute atomic E-state index is 9.14. The molecule has 1 aliphatic rings. The summed E-state index contributed by atoms with van der Waals surface area (Å²) in [5.74, 6) is 1.42. The zero-order chi connectivity index (χ0) is 18.0. The van der Waals surface area contributed by atoms with E-state index in [9.17, 15) is 0 Å². The number of methoxy groups -OCH3 is 1. The number of nitrogens with zero attached hydrogens (tertiary/aromatic N) is 1. The van der Waals surface area contributed by atoms with Crippen molar-refractivity contribution in [2.75, 3.05) is 13.7 Å². The average molecular weight is 364 g/mol. The predicted octanol–water partition coefficient (Wildman–Crippen LogP) is 3.90. The molecule has 0 radical (unpaired) electrons. The number of hydrogen-bond donors (Lipinski definition) is 2. The van der Waals surface area contributed by atoms with Gasteiger partial charge in [0, 0.05) is 35.5 Å². The Morgan fingerprint density at radius 3 is 2.72 bits per heavy atom. The Morgan fingerprint density at radius 1 is 1.24 bits per heavy atom. The largest absolute Gasteiger partial charge is 0.488 e. The van der Waals surface area contributed by atoms with Crippen LogP contribution < -0.4 is 4.74 Å². The van der Waals surface area contributed by atoms with Crippen molar-refractivity contribution in [2.45, 2.75) is 56.6 Å². The van der Waals surface area contributed by atoms with Crippen LogP contribution in [0.15, 0.2) is 30.5 Å². The van der Waals surface area contributed by atoms with Crippen molar-refractivity contribution in [3.63, 3.8) is 0 Å². The van der Waals surface area contributed by atoms with Crippen LogP contribution in [-0.2, 0) is 11.3 Å². The van der Waals surface area contributed by atoms with Crippen LogP contribution in [0.25, 0.3) is 10.9 Å². The zero-order valence-electron chi connectivity index (χ0n) is 15.3. The van der Waals surface area contributed by atoms with E-state index in [2.05, 4.69) is 36.6 Å². The molecule has 0 bridgehead atoms. The van der Waals surface area contributed by atoms with Crippen molar-refractivity contribution in [1.82, 2.24) is 4.57 Å². The van der Waals surface area contributed by atoms with E-state index in [1.807, 2.05) is 12.3 Å². The fourth-order valence-corrected chi connectivity index (χ4v) is 4.09. The minimum absolute atomic E-state index is 0.0102. The highest BCUT2D eigenvalue weighted by atomic mass is 32.1. The molecule has 3 atom stereocenters. The topological polar surface area (TPSA) is 43.6 Å². The number of aliphatic hydroxyl groups excluding tert-OH is 1. The third-order valence-corrected chi connectivity index (χ3v) is 5.77. The molecule has 138 valence electrons. The van der Waals surface area contributed by atoms with Gasteiger partial charge in [0.1, 0.15) is 11.9 Å². The molecule has 2 aromatic rings.